The number of halogens is 2. The van der Waals surface area contributed by atoms with Gasteiger partial charge in [-0.1, -0.05) is 13.0 Å². The molecule has 3 nitrogen and oxygen atoms in total. The lowest BCUT2D eigenvalue weighted by molar-refractivity contribution is -0.120. The molecule has 0 aromatic heterocycles. The first-order valence-electron chi connectivity index (χ1n) is 5.84. The maximum atomic E-state index is 13.3. The number of rotatable bonds is 6. The van der Waals surface area contributed by atoms with E-state index >= 15 is 0 Å². The molecule has 1 rings (SSSR count). The molecule has 1 atom stereocenters. The van der Waals surface area contributed by atoms with Crippen molar-refractivity contribution in [3.05, 3.63) is 35.4 Å². The van der Waals surface area contributed by atoms with E-state index in [-0.39, 0.29) is 30.4 Å². The van der Waals surface area contributed by atoms with Crippen LogP contribution in [0.5, 0.6) is 0 Å². The fraction of sp³-hybridized carbons (Fsp3) is 0.462. The van der Waals surface area contributed by atoms with Gasteiger partial charge in [0.2, 0.25) is 5.91 Å². The number of hydrogen-bond acceptors (Lipinski definition) is 2. The Bertz CT molecular complexity index is 410. The highest BCUT2D eigenvalue weighted by Gasteiger charge is 2.10. The van der Waals surface area contributed by atoms with Gasteiger partial charge in [0.1, 0.15) is 11.6 Å². The zero-order chi connectivity index (χ0) is 13.5. The van der Waals surface area contributed by atoms with E-state index in [1.807, 2.05) is 6.92 Å². The van der Waals surface area contributed by atoms with E-state index in [0.717, 1.165) is 12.1 Å². The molecule has 0 aliphatic carbocycles. The second kappa shape index (κ2) is 7.06. The molecule has 100 valence electrons. The highest BCUT2D eigenvalue weighted by atomic mass is 19.1. The summed E-state index contributed by atoms with van der Waals surface area (Å²) in [5.41, 5.74) is 0.170. The Morgan fingerprint density at radius 3 is 2.78 bits per heavy atom. The van der Waals surface area contributed by atoms with Crippen LogP contribution in [0.2, 0.25) is 0 Å². The van der Waals surface area contributed by atoms with Crippen molar-refractivity contribution in [1.29, 1.82) is 0 Å². The Morgan fingerprint density at radius 2 is 2.17 bits per heavy atom. The highest BCUT2D eigenvalue weighted by Crippen LogP contribution is 2.10. The van der Waals surface area contributed by atoms with Crippen LogP contribution in [0.25, 0.3) is 0 Å². The SMILES string of the molecule is CC(CCO)CNC(=O)Cc1ccc(F)cc1F. The number of carbonyl (C=O) groups excluding carboxylic acids is 1. The van der Waals surface area contributed by atoms with E-state index in [1.165, 1.54) is 6.07 Å². The van der Waals surface area contributed by atoms with Gasteiger partial charge in [-0.15, -0.1) is 0 Å². The summed E-state index contributed by atoms with van der Waals surface area (Å²) < 4.78 is 25.9. The topological polar surface area (TPSA) is 49.3 Å². The molecular formula is C13H17F2NO2. The smallest absolute Gasteiger partial charge is 0.224 e. The molecule has 1 aromatic rings. The van der Waals surface area contributed by atoms with Gasteiger partial charge < -0.3 is 10.4 Å². The number of nitrogens with one attached hydrogen (secondary N) is 1. The first kappa shape index (κ1) is 14.6. The molecule has 0 saturated carbocycles. The highest BCUT2D eigenvalue weighted by molar-refractivity contribution is 5.78. The first-order valence-corrected chi connectivity index (χ1v) is 5.84. The van der Waals surface area contributed by atoms with Gasteiger partial charge in [0.05, 0.1) is 6.42 Å². The zero-order valence-corrected chi connectivity index (χ0v) is 10.2. The van der Waals surface area contributed by atoms with E-state index in [0.29, 0.717) is 13.0 Å². The molecule has 0 aliphatic rings. The minimum atomic E-state index is -0.714. The largest absolute Gasteiger partial charge is 0.396 e. The van der Waals surface area contributed by atoms with E-state index < -0.39 is 11.6 Å². The Balaban J connectivity index is 2.44. The third-order valence-corrected chi connectivity index (χ3v) is 2.64. The van der Waals surface area contributed by atoms with Gasteiger partial charge in [-0.3, -0.25) is 4.79 Å². The van der Waals surface area contributed by atoms with Gasteiger partial charge in [0.15, 0.2) is 0 Å². The average Bonchev–Trinajstić information content (AvgIpc) is 2.31. The lowest BCUT2D eigenvalue weighted by atomic mass is 10.1. The van der Waals surface area contributed by atoms with Crippen molar-refractivity contribution in [3.8, 4) is 0 Å². The summed E-state index contributed by atoms with van der Waals surface area (Å²) in [6.45, 7) is 2.40. The summed E-state index contributed by atoms with van der Waals surface area (Å²) in [5.74, 6) is -1.52. The van der Waals surface area contributed by atoms with Gasteiger partial charge in [0, 0.05) is 19.2 Å². The molecule has 18 heavy (non-hydrogen) atoms. The van der Waals surface area contributed by atoms with Crippen molar-refractivity contribution in [3.63, 3.8) is 0 Å². The molecule has 0 fully saturated rings. The van der Waals surface area contributed by atoms with Crippen LogP contribution in [0.4, 0.5) is 8.78 Å². The Labute approximate surface area is 105 Å². The van der Waals surface area contributed by atoms with Crippen LogP contribution in [0.1, 0.15) is 18.9 Å². The van der Waals surface area contributed by atoms with E-state index in [4.69, 9.17) is 5.11 Å². The molecule has 0 saturated heterocycles. The van der Waals surface area contributed by atoms with E-state index in [9.17, 15) is 13.6 Å². The van der Waals surface area contributed by atoms with Gasteiger partial charge >= 0.3 is 0 Å². The maximum Gasteiger partial charge on any atom is 0.224 e. The Kier molecular flexibility index (Phi) is 5.71. The summed E-state index contributed by atoms with van der Waals surface area (Å²) in [5, 5.41) is 11.3. The maximum absolute atomic E-state index is 13.3. The molecule has 0 bridgehead atoms. The molecule has 5 heteroatoms. The van der Waals surface area contributed by atoms with Gasteiger partial charge in [0.25, 0.3) is 0 Å². The second-order valence-electron chi connectivity index (χ2n) is 4.33. The number of amides is 1. The summed E-state index contributed by atoms with van der Waals surface area (Å²) in [7, 11) is 0. The quantitative estimate of drug-likeness (QED) is 0.814. The fourth-order valence-corrected chi connectivity index (χ4v) is 1.51. The minimum absolute atomic E-state index is 0.0730. The molecule has 0 aliphatic heterocycles. The predicted octanol–water partition coefficient (Wildman–Crippen LogP) is 1.64. The summed E-state index contributed by atoms with van der Waals surface area (Å²) in [4.78, 5) is 11.5. The van der Waals surface area contributed by atoms with Crippen LogP contribution in [0.15, 0.2) is 18.2 Å². The lowest BCUT2D eigenvalue weighted by Gasteiger charge is -2.11. The Morgan fingerprint density at radius 1 is 1.44 bits per heavy atom. The zero-order valence-electron chi connectivity index (χ0n) is 10.2. The third kappa shape index (κ3) is 4.79. The van der Waals surface area contributed by atoms with Crippen molar-refractivity contribution in [2.45, 2.75) is 19.8 Å². The van der Waals surface area contributed by atoms with Gasteiger partial charge in [-0.2, -0.15) is 0 Å². The number of hydrogen-bond donors (Lipinski definition) is 2. The molecule has 2 N–H and O–H groups in total. The van der Waals surface area contributed by atoms with Crippen molar-refractivity contribution in [1.82, 2.24) is 5.32 Å². The van der Waals surface area contributed by atoms with E-state index in [2.05, 4.69) is 5.32 Å². The molecule has 0 radical (unpaired) electrons. The molecular weight excluding hydrogens is 240 g/mol. The van der Waals surface area contributed by atoms with Crippen LogP contribution < -0.4 is 5.32 Å². The third-order valence-electron chi connectivity index (χ3n) is 2.64. The normalized spacial score (nSPS) is 12.2. The molecule has 0 heterocycles. The number of carbonyl (C=O) groups is 1. The number of benzene rings is 1. The summed E-state index contributed by atoms with van der Waals surface area (Å²) in [6.07, 6.45) is 0.489. The van der Waals surface area contributed by atoms with Gasteiger partial charge in [-0.05, 0) is 24.0 Å². The number of aliphatic hydroxyl groups excluding tert-OH is 1. The summed E-state index contributed by atoms with van der Waals surface area (Å²) >= 11 is 0. The van der Waals surface area contributed by atoms with Crippen LogP contribution in [-0.2, 0) is 11.2 Å². The standard InChI is InChI=1S/C13H17F2NO2/c1-9(4-5-17)8-16-13(18)6-10-2-3-11(14)7-12(10)15/h2-3,7,9,17H,4-6,8H2,1H3,(H,16,18). The average molecular weight is 257 g/mol. The molecule has 1 amide bonds. The monoisotopic (exact) mass is 257 g/mol. The second-order valence-corrected chi connectivity index (χ2v) is 4.33. The van der Waals surface area contributed by atoms with Crippen molar-refractivity contribution in [2.24, 2.45) is 5.92 Å². The minimum Gasteiger partial charge on any atom is -0.396 e. The molecule has 1 unspecified atom stereocenters. The van der Waals surface area contributed by atoms with Gasteiger partial charge in [-0.25, -0.2) is 8.78 Å². The first-order chi connectivity index (χ1) is 8.52. The van der Waals surface area contributed by atoms with Crippen LogP contribution >= 0.6 is 0 Å². The molecule has 0 spiro atoms. The lowest BCUT2D eigenvalue weighted by Crippen LogP contribution is -2.30. The Hall–Kier alpha value is -1.49. The van der Waals surface area contributed by atoms with Crippen molar-refractivity contribution >= 4 is 5.91 Å². The van der Waals surface area contributed by atoms with E-state index in [1.54, 1.807) is 0 Å². The molecule has 1 aromatic carbocycles. The van der Waals surface area contributed by atoms with Crippen LogP contribution in [0.3, 0.4) is 0 Å². The number of aliphatic hydroxyl groups is 1. The van der Waals surface area contributed by atoms with Crippen LogP contribution in [-0.4, -0.2) is 24.2 Å². The summed E-state index contributed by atoms with van der Waals surface area (Å²) in [6, 6.07) is 3.15. The fourth-order valence-electron chi connectivity index (χ4n) is 1.51. The van der Waals surface area contributed by atoms with Crippen molar-refractivity contribution < 1.29 is 18.7 Å². The van der Waals surface area contributed by atoms with Crippen molar-refractivity contribution in [2.75, 3.05) is 13.2 Å². The van der Waals surface area contributed by atoms with Crippen LogP contribution in [0, 0.1) is 17.6 Å². The predicted molar refractivity (Wildman–Crippen MR) is 63.9 cm³/mol.